The van der Waals surface area contributed by atoms with Gasteiger partial charge in [-0.15, -0.1) is 0 Å². The van der Waals surface area contributed by atoms with E-state index in [-0.39, 0.29) is 5.78 Å². The number of ketones is 1. The summed E-state index contributed by atoms with van der Waals surface area (Å²) in [6.07, 6.45) is 2.63. The fourth-order valence-electron chi connectivity index (χ4n) is 2.01. The van der Waals surface area contributed by atoms with Crippen molar-refractivity contribution in [3.8, 4) is 5.75 Å². The number of aryl methyl sites for hydroxylation is 1. The number of hydrogen-bond acceptors (Lipinski definition) is 2. The third kappa shape index (κ3) is 2.84. The fourth-order valence-corrected chi connectivity index (χ4v) is 2.01. The van der Waals surface area contributed by atoms with Crippen molar-refractivity contribution in [1.82, 2.24) is 0 Å². The molecule has 0 aliphatic heterocycles. The van der Waals surface area contributed by atoms with Gasteiger partial charge < -0.3 is 4.74 Å². The molecule has 2 heteroatoms. The van der Waals surface area contributed by atoms with E-state index in [1.165, 1.54) is 5.56 Å². The van der Waals surface area contributed by atoms with E-state index in [9.17, 15) is 4.79 Å². The first-order valence-electron chi connectivity index (χ1n) is 5.74. The van der Waals surface area contributed by atoms with E-state index in [1.54, 1.807) is 14.0 Å². The molecule has 1 aromatic rings. The Morgan fingerprint density at radius 3 is 2.56 bits per heavy atom. The molecular weight excluding hydrogens is 200 g/mol. The van der Waals surface area contributed by atoms with E-state index in [1.807, 2.05) is 13.0 Å². The van der Waals surface area contributed by atoms with Gasteiger partial charge in [0.1, 0.15) is 11.5 Å². The molecule has 0 bridgehead atoms. The van der Waals surface area contributed by atoms with Crippen LogP contribution < -0.4 is 4.74 Å². The molecule has 0 aromatic heterocycles. The van der Waals surface area contributed by atoms with Gasteiger partial charge in [-0.2, -0.15) is 0 Å². The second kappa shape index (κ2) is 5.69. The van der Waals surface area contributed by atoms with Crippen molar-refractivity contribution in [2.45, 2.75) is 40.0 Å². The molecule has 88 valence electrons. The number of hydrogen-bond donors (Lipinski definition) is 0. The third-order valence-corrected chi connectivity index (χ3v) is 2.81. The molecule has 0 N–H and O–H groups in total. The fraction of sp³-hybridized carbons (Fsp3) is 0.500. The lowest BCUT2D eigenvalue weighted by atomic mass is 9.94. The van der Waals surface area contributed by atoms with Crippen LogP contribution in [-0.2, 0) is 17.6 Å². The molecule has 0 radical (unpaired) electrons. The number of carbonyl (C=O) groups excluding carboxylic acids is 1. The zero-order valence-corrected chi connectivity index (χ0v) is 10.6. The van der Waals surface area contributed by atoms with Crippen LogP contribution in [0.3, 0.4) is 0 Å². The molecule has 0 fully saturated rings. The maximum Gasteiger partial charge on any atom is 0.134 e. The number of ether oxygens (including phenoxy) is 1. The van der Waals surface area contributed by atoms with Crippen LogP contribution >= 0.6 is 0 Å². The number of methoxy groups -OCH3 is 1. The van der Waals surface area contributed by atoms with E-state index in [4.69, 9.17) is 4.74 Å². The van der Waals surface area contributed by atoms with Crippen LogP contribution in [0.1, 0.15) is 37.0 Å². The van der Waals surface area contributed by atoms with E-state index in [0.29, 0.717) is 6.42 Å². The summed E-state index contributed by atoms with van der Waals surface area (Å²) >= 11 is 0. The van der Waals surface area contributed by atoms with Crippen molar-refractivity contribution in [3.05, 3.63) is 28.8 Å². The lowest BCUT2D eigenvalue weighted by molar-refractivity contribution is -0.116. The summed E-state index contributed by atoms with van der Waals surface area (Å²) in [5.41, 5.74) is 3.52. The zero-order chi connectivity index (χ0) is 12.1. The van der Waals surface area contributed by atoms with Crippen molar-refractivity contribution in [2.24, 2.45) is 0 Å². The minimum absolute atomic E-state index is 0.203. The second-order valence-electron chi connectivity index (χ2n) is 4.16. The average Bonchev–Trinajstić information content (AvgIpc) is 2.23. The van der Waals surface area contributed by atoms with Gasteiger partial charge >= 0.3 is 0 Å². The van der Waals surface area contributed by atoms with Gasteiger partial charge in [-0.1, -0.05) is 19.4 Å². The summed E-state index contributed by atoms with van der Waals surface area (Å²) in [7, 11) is 1.67. The molecule has 0 saturated carbocycles. The Bertz CT molecular complexity index is 381. The van der Waals surface area contributed by atoms with Gasteiger partial charge in [0.2, 0.25) is 0 Å². The van der Waals surface area contributed by atoms with E-state index < -0.39 is 0 Å². The molecule has 0 unspecified atom stereocenters. The number of Topliss-reactive ketones (excluding diaryl/α,β-unsaturated/α-hetero) is 1. The minimum atomic E-state index is 0.203. The summed E-state index contributed by atoms with van der Waals surface area (Å²) < 4.78 is 5.29. The Morgan fingerprint density at radius 1 is 1.38 bits per heavy atom. The summed E-state index contributed by atoms with van der Waals surface area (Å²) in [5, 5.41) is 0. The Labute approximate surface area is 97.6 Å². The average molecular weight is 220 g/mol. The molecule has 1 aromatic carbocycles. The number of rotatable bonds is 5. The molecule has 0 spiro atoms. The molecule has 0 aliphatic carbocycles. The molecule has 16 heavy (non-hydrogen) atoms. The first-order chi connectivity index (χ1) is 7.60. The van der Waals surface area contributed by atoms with Crippen LogP contribution in [0, 0.1) is 6.92 Å². The lowest BCUT2D eigenvalue weighted by Gasteiger charge is -2.14. The van der Waals surface area contributed by atoms with Crippen LogP contribution in [0.25, 0.3) is 0 Å². The SMILES string of the molecule is CCCc1ccc(OC)c(C)c1CC(C)=O. The van der Waals surface area contributed by atoms with Gasteiger partial charge in [-0.25, -0.2) is 0 Å². The quantitative estimate of drug-likeness (QED) is 0.762. The van der Waals surface area contributed by atoms with Crippen molar-refractivity contribution in [1.29, 1.82) is 0 Å². The van der Waals surface area contributed by atoms with Gasteiger partial charge in [0, 0.05) is 6.42 Å². The zero-order valence-electron chi connectivity index (χ0n) is 10.6. The van der Waals surface area contributed by atoms with Gasteiger partial charge in [0.15, 0.2) is 0 Å². The Balaban J connectivity index is 3.18. The highest BCUT2D eigenvalue weighted by atomic mass is 16.5. The van der Waals surface area contributed by atoms with E-state index in [2.05, 4.69) is 13.0 Å². The first kappa shape index (κ1) is 12.8. The van der Waals surface area contributed by atoms with Crippen molar-refractivity contribution in [2.75, 3.05) is 7.11 Å². The summed E-state index contributed by atoms with van der Waals surface area (Å²) in [5.74, 6) is 1.07. The normalized spacial score (nSPS) is 10.2. The highest BCUT2D eigenvalue weighted by molar-refractivity contribution is 5.79. The molecule has 1 rings (SSSR count). The maximum absolute atomic E-state index is 11.3. The van der Waals surface area contributed by atoms with E-state index in [0.717, 1.165) is 29.7 Å². The molecule has 0 heterocycles. The Kier molecular flexibility index (Phi) is 4.53. The predicted molar refractivity (Wildman–Crippen MR) is 66.1 cm³/mol. The molecule has 0 atom stereocenters. The van der Waals surface area contributed by atoms with Gasteiger partial charge in [-0.05, 0) is 43.0 Å². The third-order valence-electron chi connectivity index (χ3n) is 2.81. The smallest absolute Gasteiger partial charge is 0.134 e. The monoisotopic (exact) mass is 220 g/mol. The predicted octanol–water partition coefficient (Wildman–Crippen LogP) is 3.09. The van der Waals surface area contributed by atoms with E-state index >= 15 is 0 Å². The summed E-state index contributed by atoms with van der Waals surface area (Å²) in [4.78, 5) is 11.3. The topological polar surface area (TPSA) is 26.3 Å². The highest BCUT2D eigenvalue weighted by Gasteiger charge is 2.11. The van der Waals surface area contributed by atoms with Gasteiger partial charge in [0.25, 0.3) is 0 Å². The molecular formula is C14H20O2. The van der Waals surface area contributed by atoms with Crippen molar-refractivity contribution < 1.29 is 9.53 Å². The molecule has 2 nitrogen and oxygen atoms in total. The Hall–Kier alpha value is -1.31. The second-order valence-corrected chi connectivity index (χ2v) is 4.16. The molecule has 0 aliphatic rings. The van der Waals surface area contributed by atoms with Crippen molar-refractivity contribution in [3.63, 3.8) is 0 Å². The van der Waals surface area contributed by atoms with Gasteiger partial charge in [0.05, 0.1) is 7.11 Å². The summed E-state index contributed by atoms with van der Waals surface area (Å²) in [6, 6.07) is 4.07. The Morgan fingerprint density at radius 2 is 2.06 bits per heavy atom. The minimum Gasteiger partial charge on any atom is -0.496 e. The van der Waals surface area contributed by atoms with Gasteiger partial charge in [-0.3, -0.25) is 4.79 Å². The van der Waals surface area contributed by atoms with Crippen LogP contribution in [0.15, 0.2) is 12.1 Å². The first-order valence-corrected chi connectivity index (χ1v) is 5.74. The molecule has 0 amide bonds. The van der Waals surface area contributed by atoms with Crippen LogP contribution in [0.4, 0.5) is 0 Å². The number of carbonyl (C=O) groups is 1. The lowest BCUT2D eigenvalue weighted by Crippen LogP contribution is -2.05. The highest BCUT2D eigenvalue weighted by Crippen LogP contribution is 2.26. The van der Waals surface area contributed by atoms with Crippen molar-refractivity contribution >= 4 is 5.78 Å². The van der Waals surface area contributed by atoms with Crippen LogP contribution in [0.5, 0.6) is 5.75 Å². The number of benzene rings is 1. The maximum atomic E-state index is 11.3. The van der Waals surface area contributed by atoms with Crippen LogP contribution in [-0.4, -0.2) is 12.9 Å². The van der Waals surface area contributed by atoms with Crippen LogP contribution in [0.2, 0.25) is 0 Å². The molecule has 0 saturated heterocycles. The largest absolute Gasteiger partial charge is 0.496 e. The summed E-state index contributed by atoms with van der Waals surface area (Å²) in [6.45, 7) is 5.81. The standard InChI is InChI=1S/C14H20O2/c1-5-6-12-7-8-14(16-4)11(3)13(12)9-10(2)15/h7-8H,5-6,9H2,1-4H3.